The van der Waals surface area contributed by atoms with E-state index in [1.807, 2.05) is 0 Å². The van der Waals surface area contributed by atoms with E-state index in [9.17, 15) is 9.59 Å². The smallest absolute Gasteiger partial charge is 0.334 e. The second-order valence-electron chi connectivity index (χ2n) is 7.97. The molecule has 0 fully saturated rings. The maximum Gasteiger partial charge on any atom is 0.334 e. The first-order valence-corrected chi connectivity index (χ1v) is 11.8. The van der Waals surface area contributed by atoms with Gasteiger partial charge in [0, 0.05) is 11.1 Å². The summed E-state index contributed by atoms with van der Waals surface area (Å²) in [6.45, 7) is 5.31. The fraction of sp³-hybridized carbons (Fsp3) is 0.833. The van der Waals surface area contributed by atoms with Gasteiger partial charge in [-0.1, -0.05) is 78.1 Å². The van der Waals surface area contributed by atoms with Crippen molar-refractivity contribution in [3.8, 4) is 0 Å². The fourth-order valence-corrected chi connectivity index (χ4v) is 3.62. The van der Waals surface area contributed by atoms with E-state index in [1.165, 1.54) is 51.4 Å². The first-order valence-electron chi connectivity index (χ1n) is 11.8. The summed E-state index contributed by atoms with van der Waals surface area (Å²) < 4.78 is 10.9. The normalized spacial score (nSPS) is 14.2. The Morgan fingerprint density at radius 1 is 0.607 bits per heavy atom. The van der Waals surface area contributed by atoms with Crippen molar-refractivity contribution in [1.82, 2.24) is 0 Å². The van der Waals surface area contributed by atoms with Crippen LogP contribution in [-0.4, -0.2) is 25.2 Å². The molecule has 1 rings (SSSR count). The molecule has 0 saturated heterocycles. The lowest BCUT2D eigenvalue weighted by Gasteiger charge is -2.18. The lowest BCUT2D eigenvalue weighted by molar-refractivity contribution is -0.143. The summed E-state index contributed by atoms with van der Waals surface area (Å²) in [5.41, 5.74) is 1.12. The predicted octanol–water partition coefficient (Wildman–Crippen LogP) is 6.66. The molecule has 0 atom stereocenters. The minimum absolute atomic E-state index is 0.306. The molecule has 0 unspecified atom stereocenters. The van der Waals surface area contributed by atoms with Gasteiger partial charge in [-0.2, -0.15) is 0 Å². The van der Waals surface area contributed by atoms with Crippen LogP contribution in [0, 0.1) is 0 Å². The van der Waals surface area contributed by atoms with E-state index in [1.54, 1.807) is 0 Å². The minimum atomic E-state index is -0.306. The fourth-order valence-electron chi connectivity index (χ4n) is 3.62. The van der Waals surface area contributed by atoms with Gasteiger partial charge in [0.05, 0.1) is 13.2 Å². The van der Waals surface area contributed by atoms with Crippen LogP contribution in [0.1, 0.15) is 117 Å². The Morgan fingerprint density at radius 3 is 1.36 bits per heavy atom. The average molecular weight is 395 g/mol. The highest BCUT2D eigenvalue weighted by atomic mass is 16.5. The van der Waals surface area contributed by atoms with Gasteiger partial charge in [-0.3, -0.25) is 0 Å². The van der Waals surface area contributed by atoms with E-state index in [0.29, 0.717) is 37.2 Å². The SMILES string of the molecule is CCCCCCCCOC(=O)C1=C(C(=O)OCCCCCCCC)CCCC1. The third-order valence-electron chi connectivity index (χ3n) is 5.42. The van der Waals surface area contributed by atoms with E-state index >= 15 is 0 Å². The van der Waals surface area contributed by atoms with Crippen molar-refractivity contribution in [3.63, 3.8) is 0 Å². The van der Waals surface area contributed by atoms with Crippen molar-refractivity contribution in [3.05, 3.63) is 11.1 Å². The quantitative estimate of drug-likeness (QED) is 0.217. The van der Waals surface area contributed by atoms with Crippen molar-refractivity contribution < 1.29 is 19.1 Å². The predicted molar refractivity (Wildman–Crippen MR) is 114 cm³/mol. The van der Waals surface area contributed by atoms with Crippen LogP contribution < -0.4 is 0 Å². The molecule has 28 heavy (non-hydrogen) atoms. The van der Waals surface area contributed by atoms with E-state index in [-0.39, 0.29) is 11.9 Å². The molecule has 0 amide bonds. The van der Waals surface area contributed by atoms with E-state index in [0.717, 1.165) is 38.5 Å². The van der Waals surface area contributed by atoms with Crippen LogP contribution in [0.2, 0.25) is 0 Å². The monoisotopic (exact) mass is 394 g/mol. The Hall–Kier alpha value is -1.32. The Morgan fingerprint density at radius 2 is 0.964 bits per heavy atom. The number of unbranched alkanes of at least 4 members (excludes halogenated alkanes) is 10. The van der Waals surface area contributed by atoms with Crippen molar-refractivity contribution in [2.45, 2.75) is 117 Å². The van der Waals surface area contributed by atoms with Gasteiger partial charge in [-0.25, -0.2) is 9.59 Å². The third kappa shape index (κ3) is 10.9. The summed E-state index contributed by atoms with van der Waals surface area (Å²) in [5.74, 6) is -0.612. The molecule has 0 saturated carbocycles. The molecule has 4 nitrogen and oxygen atoms in total. The number of carbonyl (C=O) groups is 2. The van der Waals surface area contributed by atoms with Gasteiger partial charge in [0.2, 0.25) is 0 Å². The number of hydrogen-bond acceptors (Lipinski definition) is 4. The van der Waals surface area contributed by atoms with E-state index in [2.05, 4.69) is 13.8 Å². The molecule has 0 aromatic rings. The van der Waals surface area contributed by atoms with Crippen molar-refractivity contribution >= 4 is 11.9 Å². The van der Waals surface area contributed by atoms with Gasteiger partial charge in [-0.05, 0) is 38.5 Å². The molecule has 0 N–H and O–H groups in total. The molecule has 4 heteroatoms. The van der Waals surface area contributed by atoms with E-state index < -0.39 is 0 Å². The van der Waals surface area contributed by atoms with Crippen LogP contribution in [-0.2, 0) is 19.1 Å². The van der Waals surface area contributed by atoms with Gasteiger partial charge in [-0.15, -0.1) is 0 Å². The number of rotatable bonds is 16. The summed E-state index contributed by atoms with van der Waals surface area (Å²) in [6.07, 6.45) is 17.1. The standard InChI is InChI=1S/C24H42O4/c1-3-5-7-9-11-15-19-27-23(25)21-17-13-14-18-22(21)24(26)28-20-16-12-10-8-6-4-2/h3-20H2,1-2H3. The minimum Gasteiger partial charge on any atom is -0.462 e. The number of ether oxygens (including phenoxy) is 2. The topological polar surface area (TPSA) is 52.6 Å². The van der Waals surface area contributed by atoms with Crippen LogP contribution in [0.15, 0.2) is 11.1 Å². The molecule has 0 bridgehead atoms. The lowest BCUT2D eigenvalue weighted by atomic mass is 9.91. The van der Waals surface area contributed by atoms with Crippen molar-refractivity contribution in [1.29, 1.82) is 0 Å². The molecule has 1 aliphatic carbocycles. The maximum atomic E-state index is 12.4. The highest BCUT2D eigenvalue weighted by Crippen LogP contribution is 2.27. The van der Waals surface area contributed by atoms with Gasteiger partial charge in [0.25, 0.3) is 0 Å². The Labute approximate surface area is 172 Å². The summed E-state index contributed by atoms with van der Waals surface area (Å²) in [6, 6.07) is 0. The summed E-state index contributed by atoms with van der Waals surface area (Å²) in [7, 11) is 0. The highest BCUT2D eigenvalue weighted by Gasteiger charge is 2.25. The number of hydrogen-bond donors (Lipinski definition) is 0. The first-order chi connectivity index (χ1) is 13.7. The number of esters is 2. The van der Waals surface area contributed by atoms with Crippen molar-refractivity contribution in [2.24, 2.45) is 0 Å². The molecular weight excluding hydrogens is 352 g/mol. The van der Waals surface area contributed by atoms with Crippen LogP contribution >= 0.6 is 0 Å². The first kappa shape index (κ1) is 24.7. The molecule has 0 aliphatic heterocycles. The summed E-state index contributed by atoms with van der Waals surface area (Å²) >= 11 is 0. The van der Waals surface area contributed by atoms with Gasteiger partial charge in [0.1, 0.15) is 0 Å². The highest BCUT2D eigenvalue weighted by molar-refractivity contribution is 6.00. The second kappa shape index (κ2) is 16.6. The molecule has 0 aromatic carbocycles. The van der Waals surface area contributed by atoms with Crippen LogP contribution in [0.3, 0.4) is 0 Å². The molecule has 1 aliphatic rings. The van der Waals surface area contributed by atoms with Crippen molar-refractivity contribution in [2.75, 3.05) is 13.2 Å². The lowest BCUT2D eigenvalue weighted by Crippen LogP contribution is -2.20. The van der Waals surface area contributed by atoms with Crippen LogP contribution in [0.5, 0.6) is 0 Å². The molecule has 0 heterocycles. The zero-order valence-electron chi connectivity index (χ0n) is 18.4. The summed E-state index contributed by atoms with van der Waals surface area (Å²) in [4.78, 5) is 24.9. The molecular formula is C24H42O4. The molecule has 0 spiro atoms. The van der Waals surface area contributed by atoms with Gasteiger partial charge < -0.3 is 9.47 Å². The molecule has 162 valence electrons. The Bertz CT molecular complexity index is 425. The zero-order valence-corrected chi connectivity index (χ0v) is 18.4. The Kier molecular flexibility index (Phi) is 14.7. The van der Waals surface area contributed by atoms with Gasteiger partial charge >= 0.3 is 11.9 Å². The Balaban J connectivity index is 2.33. The molecule has 0 radical (unpaired) electrons. The zero-order chi connectivity index (χ0) is 20.5. The largest absolute Gasteiger partial charge is 0.462 e. The van der Waals surface area contributed by atoms with Gasteiger partial charge in [0.15, 0.2) is 0 Å². The van der Waals surface area contributed by atoms with Crippen LogP contribution in [0.25, 0.3) is 0 Å². The average Bonchev–Trinajstić information content (AvgIpc) is 2.72. The third-order valence-corrected chi connectivity index (χ3v) is 5.42. The second-order valence-corrected chi connectivity index (χ2v) is 7.97. The van der Waals surface area contributed by atoms with Crippen LogP contribution in [0.4, 0.5) is 0 Å². The number of carbonyl (C=O) groups excluding carboxylic acids is 2. The maximum absolute atomic E-state index is 12.4. The summed E-state index contributed by atoms with van der Waals surface area (Å²) in [5, 5.41) is 0. The molecule has 0 aromatic heterocycles. The van der Waals surface area contributed by atoms with E-state index in [4.69, 9.17) is 9.47 Å².